The number of anilines is 2. The van der Waals surface area contributed by atoms with Gasteiger partial charge in [-0.15, -0.1) is 0 Å². The Bertz CT molecular complexity index is 545. The zero-order valence-electron chi connectivity index (χ0n) is 12.5. The Balaban J connectivity index is 1.96. The number of rotatable bonds is 3. The summed E-state index contributed by atoms with van der Waals surface area (Å²) in [6.45, 7) is 1.45. The molecule has 1 saturated carbocycles. The van der Waals surface area contributed by atoms with E-state index in [-0.39, 0.29) is 11.7 Å². The minimum absolute atomic E-state index is 0.0397. The van der Waals surface area contributed by atoms with Crippen molar-refractivity contribution in [1.29, 1.82) is 0 Å². The molecule has 3 rings (SSSR count). The Morgan fingerprint density at radius 1 is 1.33 bits per heavy atom. The van der Waals surface area contributed by atoms with E-state index in [1.165, 1.54) is 12.1 Å². The molecule has 0 radical (unpaired) electrons. The third kappa shape index (κ3) is 2.75. The maximum absolute atomic E-state index is 13.7. The van der Waals surface area contributed by atoms with E-state index in [2.05, 4.69) is 4.90 Å². The average Bonchev–Trinajstić information content (AvgIpc) is 3.28. The van der Waals surface area contributed by atoms with Gasteiger partial charge in [0, 0.05) is 27.2 Å². The van der Waals surface area contributed by atoms with E-state index < -0.39 is 6.10 Å². The van der Waals surface area contributed by atoms with Gasteiger partial charge in [0.25, 0.3) is 5.91 Å². The Labute approximate surface area is 124 Å². The number of nitrogens with zero attached hydrogens (tertiary/aromatic N) is 2. The van der Waals surface area contributed by atoms with Gasteiger partial charge in [0.15, 0.2) is 0 Å². The Hall–Kier alpha value is -1.62. The van der Waals surface area contributed by atoms with Gasteiger partial charge < -0.3 is 14.5 Å². The number of benzene rings is 1. The molecule has 0 saturated heterocycles. The normalized spacial score (nSPS) is 20.0. The minimum Gasteiger partial charge on any atom is -0.373 e. The van der Waals surface area contributed by atoms with Gasteiger partial charge in [0.05, 0.1) is 11.4 Å². The SMILES string of the molecule is CO[C@@H](C(=O)N1CCCN(C)c2ccc(F)cc21)C1CC1. The first-order valence-electron chi connectivity index (χ1n) is 7.46. The van der Waals surface area contributed by atoms with E-state index >= 15 is 0 Å². The fourth-order valence-electron chi connectivity index (χ4n) is 3.02. The summed E-state index contributed by atoms with van der Waals surface area (Å²) in [6, 6.07) is 4.64. The Morgan fingerprint density at radius 2 is 2.10 bits per heavy atom. The van der Waals surface area contributed by atoms with Crippen LogP contribution >= 0.6 is 0 Å². The van der Waals surface area contributed by atoms with E-state index in [1.54, 1.807) is 18.1 Å². The predicted octanol–water partition coefficient (Wildman–Crippen LogP) is 2.42. The van der Waals surface area contributed by atoms with Crippen LogP contribution in [0.5, 0.6) is 0 Å². The number of amides is 1. The van der Waals surface area contributed by atoms with Crippen LogP contribution in [-0.4, -0.2) is 39.3 Å². The second-order valence-corrected chi connectivity index (χ2v) is 5.89. The van der Waals surface area contributed by atoms with Gasteiger partial charge in [-0.25, -0.2) is 4.39 Å². The molecule has 114 valence electrons. The standard InChI is InChI=1S/C16H21FN2O2/c1-18-8-3-9-19(14-10-12(17)6-7-13(14)18)16(20)15(21-2)11-4-5-11/h6-7,10-11,15H,3-5,8-9H2,1-2H3/t15-/m1/s1. The molecule has 21 heavy (non-hydrogen) atoms. The minimum atomic E-state index is -0.399. The molecule has 1 heterocycles. The molecule has 1 amide bonds. The van der Waals surface area contributed by atoms with Gasteiger partial charge in [-0.05, 0) is 43.4 Å². The highest BCUT2D eigenvalue weighted by molar-refractivity contribution is 6.00. The number of ether oxygens (including phenoxy) is 1. The second-order valence-electron chi connectivity index (χ2n) is 5.89. The van der Waals surface area contributed by atoms with Crippen LogP contribution in [0.2, 0.25) is 0 Å². The molecule has 1 aromatic carbocycles. The quantitative estimate of drug-likeness (QED) is 0.858. The fraction of sp³-hybridized carbons (Fsp3) is 0.562. The molecule has 1 aliphatic heterocycles. The number of carbonyl (C=O) groups is 1. The summed E-state index contributed by atoms with van der Waals surface area (Å²) in [5.41, 5.74) is 1.55. The van der Waals surface area contributed by atoms with Gasteiger partial charge in [0.2, 0.25) is 0 Å². The maximum atomic E-state index is 13.7. The van der Waals surface area contributed by atoms with E-state index in [1.807, 2.05) is 7.05 Å². The van der Waals surface area contributed by atoms with Crippen LogP contribution in [0.1, 0.15) is 19.3 Å². The topological polar surface area (TPSA) is 32.8 Å². The Kier molecular flexibility index (Phi) is 3.85. The van der Waals surface area contributed by atoms with Crippen LogP contribution in [-0.2, 0) is 9.53 Å². The molecule has 4 nitrogen and oxygen atoms in total. The molecule has 0 unspecified atom stereocenters. The molecule has 5 heteroatoms. The molecule has 1 aromatic rings. The van der Waals surface area contributed by atoms with Crippen molar-refractivity contribution in [3.63, 3.8) is 0 Å². The zero-order valence-corrected chi connectivity index (χ0v) is 12.5. The summed E-state index contributed by atoms with van der Waals surface area (Å²) in [5.74, 6) is -0.0371. The summed E-state index contributed by atoms with van der Waals surface area (Å²) in [6.07, 6.45) is 2.53. The van der Waals surface area contributed by atoms with Crippen LogP contribution in [0.3, 0.4) is 0 Å². The summed E-state index contributed by atoms with van der Waals surface area (Å²) in [5, 5.41) is 0. The smallest absolute Gasteiger partial charge is 0.256 e. The van der Waals surface area contributed by atoms with Crippen molar-refractivity contribution < 1.29 is 13.9 Å². The van der Waals surface area contributed by atoms with Gasteiger partial charge in [-0.2, -0.15) is 0 Å². The lowest BCUT2D eigenvalue weighted by molar-refractivity contribution is -0.129. The number of hydrogen-bond acceptors (Lipinski definition) is 3. The monoisotopic (exact) mass is 292 g/mol. The van der Waals surface area contributed by atoms with Gasteiger partial charge in [-0.1, -0.05) is 0 Å². The third-order valence-electron chi connectivity index (χ3n) is 4.33. The molecule has 0 spiro atoms. The molecule has 1 atom stereocenters. The lowest BCUT2D eigenvalue weighted by Gasteiger charge is -2.27. The van der Waals surface area contributed by atoms with Crippen LogP contribution in [0.25, 0.3) is 0 Å². The number of hydrogen-bond donors (Lipinski definition) is 0. The maximum Gasteiger partial charge on any atom is 0.256 e. The molecular formula is C16H21FN2O2. The highest BCUT2D eigenvalue weighted by atomic mass is 19.1. The summed E-state index contributed by atoms with van der Waals surface area (Å²) >= 11 is 0. The highest BCUT2D eigenvalue weighted by Crippen LogP contribution is 2.38. The fourth-order valence-corrected chi connectivity index (χ4v) is 3.02. The van der Waals surface area contributed by atoms with Gasteiger partial charge in [0.1, 0.15) is 11.9 Å². The van der Waals surface area contributed by atoms with E-state index in [0.29, 0.717) is 18.2 Å². The summed E-state index contributed by atoms with van der Waals surface area (Å²) < 4.78 is 19.1. The second kappa shape index (κ2) is 5.64. The third-order valence-corrected chi connectivity index (χ3v) is 4.33. The lowest BCUT2D eigenvalue weighted by Crippen LogP contribution is -2.41. The molecule has 2 aliphatic rings. The number of halogens is 1. The van der Waals surface area contributed by atoms with Crippen molar-refractivity contribution in [2.45, 2.75) is 25.4 Å². The van der Waals surface area contributed by atoms with Gasteiger partial charge in [-0.3, -0.25) is 4.79 Å². The summed E-state index contributed by atoms with van der Waals surface area (Å²) in [7, 11) is 3.55. The average molecular weight is 292 g/mol. The van der Waals surface area contributed by atoms with E-state index in [9.17, 15) is 9.18 Å². The van der Waals surface area contributed by atoms with Crippen molar-refractivity contribution in [3.05, 3.63) is 24.0 Å². The first kappa shape index (κ1) is 14.3. The van der Waals surface area contributed by atoms with Crippen molar-refractivity contribution >= 4 is 17.3 Å². The highest BCUT2D eigenvalue weighted by Gasteiger charge is 2.39. The molecule has 1 fully saturated rings. The van der Waals surface area contributed by atoms with Crippen LogP contribution in [0, 0.1) is 11.7 Å². The van der Waals surface area contributed by atoms with Gasteiger partial charge >= 0.3 is 0 Å². The largest absolute Gasteiger partial charge is 0.373 e. The van der Waals surface area contributed by atoms with Crippen molar-refractivity contribution in [2.75, 3.05) is 37.0 Å². The Morgan fingerprint density at radius 3 is 2.76 bits per heavy atom. The van der Waals surface area contributed by atoms with Crippen LogP contribution in [0.4, 0.5) is 15.8 Å². The molecule has 0 aromatic heterocycles. The zero-order chi connectivity index (χ0) is 15.0. The van der Waals surface area contributed by atoms with Crippen molar-refractivity contribution in [2.24, 2.45) is 5.92 Å². The first-order chi connectivity index (χ1) is 10.1. The van der Waals surface area contributed by atoms with Crippen LogP contribution < -0.4 is 9.80 Å². The van der Waals surface area contributed by atoms with Crippen LogP contribution in [0.15, 0.2) is 18.2 Å². The summed E-state index contributed by atoms with van der Waals surface area (Å²) in [4.78, 5) is 16.6. The first-order valence-corrected chi connectivity index (χ1v) is 7.46. The number of fused-ring (bicyclic) bond motifs is 1. The number of carbonyl (C=O) groups excluding carboxylic acids is 1. The van der Waals surface area contributed by atoms with E-state index in [4.69, 9.17) is 4.74 Å². The molecular weight excluding hydrogens is 271 g/mol. The molecule has 0 N–H and O–H groups in total. The van der Waals surface area contributed by atoms with Crippen molar-refractivity contribution in [1.82, 2.24) is 0 Å². The van der Waals surface area contributed by atoms with E-state index in [0.717, 1.165) is 31.5 Å². The molecule has 0 bridgehead atoms. The lowest BCUT2D eigenvalue weighted by atomic mass is 10.1. The number of methoxy groups -OCH3 is 1. The predicted molar refractivity (Wildman–Crippen MR) is 80.2 cm³/mol. The van der Waals surface area contributed by atoms with Crippen molar-refractivity contribution in [3.8, 4) is 0 Å². The molecule has 1 aliphatic carbocycles.